The van der Waals surface area contributed by atoms with Gasteiger partial charge >= 0.3 is 0 Å². The fourth-order valence-electron chi connectivity index (χ4n) is 3.47. The van der Waals surface area contributed by atoms with Gasteiger partial charge < -0.3 is 10.2 Å². The van der Waals surface area contributed by atoms with Crippen LogP contribution in [-0.2, 0) is 0 Å². The van der Waals surface area contributed by atoms with Crippen molar-refractivity contribution >= 4 is 5.91 Å². The van der Waals surface area contributed by atoms with E-state index in [0.717, 1.165) is 38.7 Å². The third kappa shape index (κ3) is 5.14. The number of nitrogens with zero attached hydrogens (tertiary/aromatic N) is 2. The van der Waals surface area contributed by atoms with E-state index in [0.29, 0.717) is 29.3 Å². The molecule has 0 spiro atoms. The van der Waals surface area contributed by atoms with Crippen molar-refractivity contribution in [2.45, 2.75) is 19.4 Å². The number of halogens is 2. The van der Waals surface area contributed by atoms with E-state index in [1.807, 2.05) is 0 Å². The molecule has 6 heteroatoms. The summed E-state index contributed by atoms with van der Waals surface area (Å²) in [6.07, 6.45) is 0.897. The van der Waals surface area contributed by atoms with E-state index >= 15 is 0 Å². The molecule has 0 bridgehead atoms. The van der Waals surface area contributed by atoms with E-state index in [1.165, 1.54) is 12.1 Å². The Balaban J connectivity index is 1.50. The summed E-state index contributed by atoms with van der Waals surface area (Å²) in [5, 5.41) is 2.96. The van der Waals surface area contributed by atoms with Gasteiger partial charge in [-0.15, -0.1) is 0 Å². The zero-order chi connectivity index (χ0) is 20.1. The van der Waals surface area contributed by atoms with Crippen LogP contribution in [0.25, 0.3) is 11.1 Å². The highest BCUT2D eigenvalue weighted by Gasteiger charge is 2.19. The lowest BCUT2D eigenvalue weighted by Crippen LogP contribution is -2.48. The second kappa shape index (κ2) is 9.26. The van der Waals surface area contributed by atoms with Gasteiger partial charge in [0, 0.05) is 56.0 Å². The number of benzene rings is 2. The summed E-state index contributed by atoms with van der Waals surface area (Å²) in [5.41, 5.74) is 1.45. The van der Waals surface area contributed by atoms with Crippen LogP contribution in [0.3, 0.4) is 0 Å². The maximum Gasteiger partial charge on any atom is 0.251 e. The number of carbonyl (C=O) groups is 1. The zero-order valence-corrected chi connectivity index (χ0v) is 16.4. The van der Waals surface area contributed by atoms with Gasteiger partial charge in [-0.25, -0.2) is 8.78 Å². The Morgan fingerprint density at radius 1 is 1.07 bits per heavy atom. The van der Waals surface area contributed by atoms with Gasteiger partial charge in [0.25, 0.3) is 5.91 Å². The van der Waals surface area contributed by atoms with Crippen molar-refractivity contribution in [3.8, 4) is 11.1 Å². The number of nitrogens with one attached hydrogen (secondary N) is 1. The molecule has 28 heavy (non-hydrogen) atoms. The number of rotatable bonds is 6. The first-order chi connectivity index (χ1) is 13.4. The van der Waals surface area contributed by atoms with Crippen LogP contribution in [-0.4, -0.2) is 61.5 Å². The molecule has 1 atom stereocenters. The Morgan fingerprint density at radius 3 is 2.39 bits per heavy atom. The second-order valence-electron chi connectivity index (χ2n) is 7.43. The van der Waals surface area contributed by atoms with Crippen LogP contribution in [0.5, 0.6) is 0 Å². The minimum absolute atomic E-state index is 0.142. The molecule has 1 aliphatic rings. The first-order valence-electron chi connectivity index (χ1n) is 9.70. The van der Waals surface area contributed by atoms with Gasteiger partial charge in [0.1, 0.15) is 11.6 Å². The van der Waals surface area contributed by atoms with Gasteiger partial charge in [0.05, 0.1) is 0 Å². The van der Waals surface area contributed by atoms with Gasteiger partial charge in [-0.2, -0.15) is 0 Å². The molecule has 0 aromatic heterocycles. The Hall–Kier alpha value is -2.31. The van der Waals surface area contributed by atoms with Gasteiger partial charge in [0.2, 0.25) is 0 Å². The monoisotopic (exact) mass is 387 g/mol. The minimum atomic E-state index is -0.616. The Kier molecular flexibility index (Phi) is 6.75. The molecule has 1 fully saturated rings. The Bertz CT molecular complexity index is 802. The highest BCUT2D eigenvalue weighted by molar-refractivity contribution is 5.94. The summed E-state index contributed by atoms with van der Waals surface area (Å²) in [6.45, 7) is 7.10. The van der Waals surface area contributed by atoms with E-state index in [-0.39, 0.29) is 5.91 Å². The van der Waals surface area contributed by atoms with Crippen molar-refractivity contribution < 1.29 is 13.6 Å². The smallest absolute Gasteiger partial charge is 0.251 e. The first kappa shape index (κ1) is 20.4. The van der Waals surface area contributed by atoms with Crippen LogP contribution in [0.4, 0.5) is 8.78 Å². The number of hydrogen-bond acceptors (Lipinski definition) is 3. The van der Waals surface area contributed by atoms with E-state index in [4.69, 9.17) is 0 Å². The van der Waals surface area contributed by atoms with Crippen LogP contribution in [0.1, 0.15) is 23.7 Å². The summed E-state index contributed by atoms with van der Waals surface area (Å²) in [7, 11) is 2.14. The third-order valence-corrected chi connectivity index (χ3v) is 5.40. The van der Waals surface area contributed by atoms with E-state index in [9.17, 15) is 13.6 Å². The largest absolute Gasteiger partial charge is 0.352 e. The van der Waals surface area contributed by atoms with E-state index < -0.39 is 11.6 Å². The molecule has 150 valence electrons. The maximum absolute atomic E-state index is 13.9. The average Bonchev–Trinajstić information content (AvgIpc) is 2.68. The summed E-state index contributed by atoms with van der Waals surface area (Å²) in [5.74, 6) is -1.37. The van der Waals surface area contributed by atoms with Gasteiger partial charge in [-0.1, -0.05) is 12.1 Å². The van der Waals surface area contributed by atoms with Crippen molar-refractivity contribution in [3.05, 3.63) is 59.7 Å². The quantitative estimate of drug-likeness (QED) is 0.825. The van der Waals surface area contributed by atoms with Crippen LogP contribution in [0, 0.1) is 11.6 Å². The molecule has 2 aromatic carbocycles. The fourth-order valence-corrected chi connectivity index (χ4v) is 3.47. The molecular weight excluding hydrogens is 360 g/mol. The normalized spacial score (nSPS) is 16.7. The zero-order valence-electron chi connectivity index (χ0n) is 16.4. The molecule has 1 saturated heterocycles. The van der Waals surface area contributed by atoms with Gasteiger partial charge in [0.15, 0.2) is 0 Å². The van der Waals surface area contributed by atoms with Crippen LogP contribution < -0.4 is 5.32 Å². The summed E-state index contributed by atoms with van der Waals surface area (Å²) < 4.78 is 26.9. The molecule has 0 saturated carbocycles. The van der Waals surface area contributed by atoms with Crippen molar-refractivity contribution in [2.75, 3.05) is 39.8 Å². The number of amides is 1. The number of hydrogen-bond donors (Lipinski definition) is 1. The molecule has 1 aliphatic heterocycles. The lowest BCUT2D eigenvalue weighted by molar-refractivity contribution is 0.0935. The molecular formula is C22H27F2N3O. The summed E-state index contributed by atoms with van der Waals surface area (Å²) >= 11 is 0. The standard InChI is InChI=1S/C22H27F2N3O/c1-16(27-13-11-26(2)12-14-27)9-10-25-22(28)18-5-3-17(4-6-18)20-8-7-19(23)15-21(20)24/h3-8,15-16H,9-14H2,1-2H3,(H,25,28)/t16-/m1/s1. The Labute approximate surface area is 165 Å². The van der Waals surface area contributed by atoms with Crippen molar-refractivity contribution in [2.24, 2.45) is 0 Å². The highest BCUT2D eigenvalue weighted by atomic mass is 19.1. The molecule has 0 radical (unpaired) electrons. The maximum atomic E-state index is 13.9. The Morgan fingerprint density at radius 2 is 1.75 bits per heavy atom. The summed E-state index contributed by atoms with van der Waals surface area (Å²) in [4.78, 5) is 17.1. The SMILES string of the molecule is C[C@H](CCNC(=O)c1ccc(-c2ccc(F)cc2F)cc1)N1CCN(C)CC1. The van der Waals surface area contributed by atoms with Crippen molar-refractivity contribution in [1.29, 1.82) is 0 Å². The molecule has 4 nitrogen and oxygen atoms in total. The van der Waals surface area contributed by atoms with Crippen LogP contribution in [0.15, 0.2) is 42.5 Å². The van der Waals surface area contributed by atoms with E-state index in [2.05, 4.69) is 29.1 Å². The van der Waals surface area contributed by atoms with Crippen LogP contribution >= 0.6 is 0 Å². The highest BCUT2D eigenvalue weighted by Crippen LogP contribution is 2.23. The average molecular weight is 387 g/mol. The molecule has 2 aromatic rings. The number of piperazine rings is 1. The minimum Gasteiger partial charge on any atom is -0.352 e. The van der Waals surface area contributed by atoms with Crippen LogP contribution in [0.2, 0.25) is 0 Å². The molecule has 1 amide bonds. The fraction of sp³-hybridized carbons (Fsp3) is 0.409. The van der Waals surface area contributed by atoms with Gasteiger partial charge in [-0.05, 0) is 50.2 Å². The second-order valence-corrected chi connectivity index (χ2v) is 7.43. The molecule has 1 heterocycles. The predicted molar refractivity (Wildman–Crippen MR) is 107 cm³/mol. The number of likely N-dealkylation sites (N-methyl/N-ethyl adjacent to an activating group) is 1. The number of carbonyl (C=O) groups excluding carboxylic acids is 1. The molecule has 0 unspecified atom stereocenters. The lowest BCUT2D eigenvalue weighted by Gasteiger charge is -2.36. The van der Waals surface area contributed by atoms with Crippen molar-refractivity contribution in [3.63, 3.8) is 0 Å². The molecule has 0 aliphatic carbocycles. The summed E-state index contributed by atoms with van der Waals surface area (Å²) in [6, 6.07) is 10.6. The molecule has 1 N–H and O–H groups in total. The molecule has 3 rings (SSSR count). The van der Waals surface area contributed by atoms with E-state index in [1.54, 1.807) is 24.3 Å². The first-order valence-corrected chi connectivity index (χ1v) is 9.70. The third-order valence-electron chi connectivity index (χ3n) is 5.40. The lowest BCUT2D eigenvalue weighted by atomic mass is 10.0. The van der Waals surface area contributed by atoms with Gasteiger partial charge in [-0.3, -0.25) is 9.69 Å². The topological polar surface area (TPSA) is 35.6 Å². The predicted octanol–water partition coefficient (Wildman–Crippen LogP) is 3.39. The van der Waals surface area contributed by atoms with Crippen molar-refractivity contribution in [1.82, 2.24) is 15.1 Å².